The maximum Gasteiger partial charge on any atom is 0.306 e. The van der Waals surface area contributed by atoms with E-state index in [0.717, 1.165) is 69.6 Å². The maximum absolute atomic E-state index is 12.8. The first-order valence-corrected chi connectivity index (χ1v) is 27.2. The van der Waals surface area contributed by atoms with Gasteiger partial charge in [-0.05, 0) is 31.1 Å². The van der Waals surface area contributed by atoms with Gasteiger partial charge in [0.05, 0.1) is 0 Å². The fourth-order valence-corrected chi connectivity index (χ4v) is 8.34. The van der Waals surface area contributed by atoms with Gasteiger partial charge in [0.15, 0.2) is 6.10 Å². The highest BCUT2D eigenvalue weighted by atomic mass is 16.6. The second-order valence-corrected chi connectivity index (χ2v) is 19.8. The van der Waals surface area contributed by atoms with Crippen LogP contribution in [0.2, 0.25) is 0 Å². The van der Waals surface area contributed by atoms with E-state index in [1.54, 1.807) is 0 Å². The first-order chi connectivity index (χ1) is 29.7. The molecule has 0 radical (unpaired) electrons. The third-order valence-electron chi connectivity index (χ3n) is 12.5. The molecule has 0 spiro atoms. The number of carbonyl (C=O) groups excluding carboxylic acids is 3. The summed E-state index contributed by atoms with van der Waals surface area (Å²) in [5.74, 6) is 0.766. The largest absolute Gasteiger partial charge is 0.462 e. The topological polar surface area (TPSA) is 78.9 Å². The minimum Gasteiger partial charge on any atom is -0.462 e. The molecule has 0 fully saturated rings. The number of hydrogen-bond donors (Lipinski definition) is 0. The van der Waals surface area contributed by atoms with E-state index in [9.17, 15) is 14.4 Å². The van der Waals surface area contributed by atoms with Crippen LogP contribution >= 0.6 is 0 Å². The molecule has 0 heterocycles. The number of carbonyl (C=O) groups is 3. The van der Waals surface area contributed by atoms with Crippen LogP contribution in [0, 0.1) is 11.8 Å². The Morgan fingerprint density at radius 2 is 0.541 bits per heavy atom. The molecule has 0 aliphatic heterocycles. The molecule has 0 rings (SSSR count). The Bertz CT molecular complexity index is 931. The third-order valence-corrected chi connectivity index (χ3v) is 12.5. The molecule has 6 nitrogen and oxygen atoms in total. The summed E-state index contributed by atoms with van der Waals surface area (Å²) in [7, 11) is 0. The molecule has 0 N–H and O–H groups in total. The first-order valence-electron chi connectivity index (χ1n) is 27.2. The van der Waals surface area contributed by atoms with Gasteiger partial charge in [-0.15, -0.1) is 0 Å². The van der Waals surface area contributed by atoms with E-state index in [2.05, 4.69) is 34.6 Å². The van der Waals surface area contributed by atoms with Gasteiger partial charge in [-0.3, -0.25) is 14.4 Å². The summed E-state index contributed by atoms with van der Waals surface area (Å²) >= 11 is 0. The van der Waals surface area contributed by atoms with Crippen LogP contribution in [0.5, 0.6) is 0 Å². The van der Waals surface area contributed by atoms with Gasteiger partial charge in [-0.2, -0.15) is 0 Å². The standard InChI is InChI=1S/C55H106O6/c1-6-7-8-9-10-11-12-13-14-15-16-17-18-22-25-30-35-40-45-53(56)59-48-52(49-60-54(57)46-41-36-32-27-29-34-39-44-51(4)5)61-55(58)47-42-37-31-26-23-20-19-21-24-28-33-38-43-50(2)3/h50-52H,6-49H2,1-5H3/t52-/m1/s1. The van der Waals surface area contributed by atoms with Gasteiger partial charge in [-0.25, -0.2) is 0 Å². The zero-order valence-corrected chi connectivity index (χ0v) is 41.8. The van der Waals surface area contributed by atoms with Crippen LogP contribution < -0.4 is 0 Å². The molecule has 6 heteroatoms. The zero-order valence-electron chi connectivity index (χ0n) is 41.8. The van der Waals surface area contributed by atoms with Gasteiger partial charge >= 0.3 is 17.9 Å². The normalized spacial score (nSPS) is 12.0. The quantitative estimate of drug-likeness (QED) is 0.0344. The summed E-state index contributed by atoms with van der Waals surface area (Å²) in [5.41, 5.74) is 0. The van der Waals surface area contributed by atoms with E-state index in [-0.39, 0.29) is 31.1 Å². The molecule has 61 heavy (non-hydrogen) atoms. The van der Waals surface area contributed by atoms with E-state index in [1.165, 1.54) is 193 Å². The highest BCUT2D eigenvalue weighted by Crippen LogP contribution is 2.18. The Balaban J connectivity index is 4.25. The predicted octanol–water partition coefficient (Wildman–Crippen LogP) is 17.7. The van der Waals surface area contributed by atoms with Crippen molar-refractivity contribution in [2.45, 2.75) is 310 Å². The molecular formula is C55H106O6. The average molecular weight is 863 g/mol. The smallest absolute Gasteiger partial charge is 0.306 e. The van der Waals surface area contributed by atoms with Gasteiger partial charge in [-0.1, -0.05) is 266 Å². The number of hydrogen-bond acceptors (Lipinski definition) is 6. The van der Waals surface area contributed by atoms with Crippen molar-refractivity contribution in [1.29, 1.82) is 0 Å². The zero-order chi connectivity index (χ0) is 44.7. The van der Waals surface area contributed by atoms with E-state index in [1.807, 2.05) is 0 Å². The molecule has 1 atom stereocenters. The molecule has 0 unspecified atom stereocenters. The summed E-state index contributed by atoms with van der Waals surface area (Å²) in [6.07, 6.45) is 49.6. The van der Waals surface area contributed by atoms with Crippen LogP contribution in [0.4, 0.5) is 0 Å². The van der Waals surface area contributed by atoms with E-state index in [0.29, 0.717) is 19.3 Å². The predicted molar refractivity (Wildman–Crippen MR) is 261 cm³/mol. The minimum absolute atomic E-state index is 0.0638. The van der Waals surface area contributed by atoms with Gasteiger partial charge in [0.25, 0.3) is 0 Å². The summed E-state index contributed by atoms with van der Waals surface area (Å²) in [5, 5.41) is 0. The summed E-state index contributed by atoms with van der Waals surface area (Å²) in [4.78, 5) is 38.0. The molecule has 0 aromatic heterocycles. The average Bonchev–Trinajstić information content (AvgIpc) is 3.23. The molecular weight excluding hydrogens is 757 g/mol. The van der Waals surface area contributed by atoms with Crippen molar-refractivity contribution in [3.8, 4) is 0 Å². The van der Waals surface area contributed by atoms with Crippen molar-refractivity contribution in [2.24, 2.45) is 11.8 Å². The van der Waals surface area contributed by atoms with Gasteiger partial charge in [0, 0.05) is 19.3 Å². The van der Waals surface area contributed by atoms with Crippen LogP contribution in [0.1, 0.15) is 304 Å². The highest BCUT2D eigenvalue weighted by Gasteiger charge is 2.19. The van der Waals surface area contributed by atoms with E-state index in [4.69, 9.17) is 14.2 Å². The van der Waals surface area contributed by atoms with Crippen molar-refractivity contribution >= 4 is 17.9 Å². The maximum atomic E-state index is 12.8. The summed E-state index contributed by atoms with van der Waals surface area (Å²) < 4.78 is 16.8. The van der Waals surface area contributed by atoms with Crippen LogP contribution in [-0.4, -0.2) is 37.2 Å². The molecule has 0 aromatic rings. The molecule has 0 aliphatic rings. The second kappa shape index (κ2) is 47.9. The SMILES string of the molecule is CCCCCCCCCCCCCCCCCCCCC(=O)OC[C@H](COC(=O)CCCCCCCCCC(C)C)OC(=O)CCCCCCCCCCCCCCC(C)C. The van der Waals surface area contributed by atoms with Gasteiger partial charge in [0.1, 0.15) is 13.2 Å². The van der Waals surface area contributed by atoms with E-state index >= 15 is 0 Å². The lowest BCUT2D eigenvalue weighted by Gasteiger charge is -2.18. The molecule has 362 valence electrons. The second-order valence-electron chi connectivity index (χ2n) is 19.8. The van der Waals surface area contributed by atoms with Crippen molar-refractivity contribution < 1.29 is 28.6 Å². The minimum atomic E-state index is -0.762. The fourth-order valence-electron chi connectivity index (χ4n) is 8.34. The monoisotopic (exact) mass is 863 g/mol. The van der Waals surface area contributed by atoms with Crippen molar-refractivity contribution in [2.75, 3.05) is 13.2 Å². The molecule has 0 aromatic carbocycles. The molecule has 0 amide bonds. The summed E-state index contributed by atoms with van der Waals surface area (Å²) in [6, 6.07) is 0. The molecule has 0 saturated heterocycles. The molecule has 0 aliphatic carbocycles. The van der Waals surface area contributed by atoms with Crippen molar-refractivity contribution in [3.63, 3.8) is 0 Å². The molecule has 0 bridgehead atoms. The van der Waals surface area contributed by atoms with Crippen LogP contribution in [0.15, 0.2) is 0 Å². The number of unbranched alkanes of at least 4 members (excludes halogenated alkanes) is 34. The summed E-state index contributed by atoms with van der Waals surface area (Å²) in [6.45, 7) is 11.3. The Kier molecular flexibility index (Phi) is 46.6. The Morgan fingerprint density at radius 3 is 0.803 bits per heavy atom. The Hall–Kier alpha value is -1.59. The fraction of sp³-hybridized carbons (Fsp3) is 0.945. The lowest BCUT2D eigenvalue weighted by Crippen LogP contribution is -2.30. The number of esters is 3. The Labute approximate surface area is 380 Å². The van der Waals surface area contributed by atoms with Gasteiger partial charge in [0.2, 0.25) is 0 Å². The van der Waals surface area contributed by atoms with Crippen LogP contribution in [0.25, 0.3) is 0 Å². The number of ether oxygens (including phenoxy) is 3. The van der Waals surface area contributed by atoms with Crippen molar-refractivity contribution in [1.82, 2.24) is 0 Å². The Morgan fingerprint density at radius 1 is 0.311 bits per heavy atom. The van der Waals surface area contributed by atoms with Crippen molar-refractivity contribution in [3.05, 3.63) is 0 Å². The van der Waals surface area contributed by atoms with Crippen LogP contribution in [-0.2, 0) is 28.6 Å². The van der Waals surface area contributed by atoms with Gasteiger partial charge < -0.3 is 14.2 Å². The molecule has 0 saturated carbocycles. The lowest BCUT2D eigenvalue weighted by atomic mass is 10.0. The van der Waals surface area contributed by atoms with E-state index < -0.39 is 6.10 Å². The highest BCUT2D eigenvalue weighted by molar-refractivity contribution is 5.71. The lowest BCUT2D eigenvalue weighted by molar-refractivity contribution is -0.167. The van der Waals surface area contributed by atoms with Crippen LogP contribution in [0.3, 0.4) is 0 Å². The first kappa shape index (κ1) is 59.4. The number of rotatable bonds is 49. The third kappa shape index (κ3) is 49.3.